The van der Waals surface area contributed by atoms with Crippen molar-refractivity contribution >= 4 is 35.8 Å². The summed E-state index contributed by atoms with van der Waals surface area (Å²) in [5.41, 5.74) is -7.68. The van der Waals surface area contributed by atoms with Crippen LogP contribution in [0.4, 0.5) is 0 Å². The van der Waals surface area contributed by atoms with Gasteiger partial charge in [0.05, 0.1) is 27.8 Å². The van der Waals surface area contributed by atoms with E-state index >= 15 is 0 Å². The lowest BCUT2D eigenvalue weighted by molar-refractivity contribution is -0.282. The van der Waals surface area contributed by atoms with Crippen LogP contribution in [0.3, 0.4) is 0 Å². The summed E-state index contributed by atoms with van der Waals surface area (Å²) < 4.78 is 44.7. The zero-order chi connectivity index (χ0) is 56.7. The van der Waals surface area contributed by atoms with E-state index in [0.29, 0.717) is 54.6 Å². The molecule has 9 rings (SSSR count). The highest BCUT2D eigenvalue weighted by molar-refractivity contribution is 6.08. The van der Waals surface area contributed by atoms with Crippen LogP contribution in [0.1, 0.15) is 62.1 Å². The second kappa shape index (κ2) is 18.9. The number of benzene rings is 6. The summed E-state index contributed by atoms with van der Waals surface area (Å²) in [4.78, 5) is 84.3. The molecule has 0 aromatic heterocycles. The Labute approximate surface area is 429 Å². The molecule has 78 heavy (non-hydrogen) atoms. The molecule has 0 spiro atoms. The Morgan fingerprint density at radius 1 is 0.410 bits per heavy atom. The second-order valence-corrected chi connectivity index (χ2v) is 16.7. The highest BCUT2D eigenvalue weighted by atomic mass is 16.7. The van der Waals surface area contributed by atoms with E-state index in [-0.39, 0.29) is 0 Å². The predicted molar refractivity (Wildman–Crippen MR) is 241 cm³/mol. The first kappa shape index (κ1) is 51.6. The molecule has 30 nitrogen and oxygen atoms in total. The SMILES string of the molecule is O=C(O[C@@H]1O[C@@H]2COC(=O)c3cc(O)c(O)c(O)c3-c3c(cc(O)c(O)c3O)C(=O)O[C@H]2[C@H](OC(=O)c2cc(O)c(O)c(O)c2)[C@H]1OC(=O)c1cc(O)c(O)c(O)c1)c1cc(O)c2c(c1)Oc1c(cc(O)c(O)c1O)C(=O)O2. The van der Waals surface area contributed by atoms with E-state index in [2.05, 4.69) is 0 Å². The third-order valence-corrected chi connectivity index (χ3v) is 11.8. The summed E-state index contributed by atoms with van der Waals surface area (Å²) >= 11 is 0. The minimum Gasteiger partial charge on any atom is -0.504 e. The zero-order valence-corrected chi connectivity index (χ0v) is 38.2. The van der Waals surface area contributed by atoms with Crippen molar-refractivity contribution in [2.75, 3.05) is 6.61 Å². The first-order valence-corrected chi connectivity index (χ1v) is 21.5. The molecule has 16 N–H and O–H groups in total. The number of fused-ring (bicyclic) bond motifs is 6. The first-order chi connectivity index (χ1) is 36.7. The minimum atomic E-state index is -2.66. The molecule has 3 aliphatic heterocycles. The van der Waals surface area contributed by atoms with Crippen LogP contribution in [0.15, 0.2) is 54.6 Å². The van der Waals surface area contributed by atoms with E-state index in [4.69, 9.17) is 37.9 Å². The Bertz CT molecular complexity index is 3590. The number of phenolic OH excluding ortho intramolecular Hbond substituents is 16. The largest absolute Gasteiger partial charge is 0.504 e. The van der Waals surface area contributed by atoms with Crippen LogP contribution in [0.5, 0.6) is 109 Å². The Balaban J connectivity index is 1.21. The van der Waals surface area contributed by atoms with E-state index in [1.807, 2.05) is 0 Å². The summed E-state index contributed by atoms with van der Waals surface area (Å²) in [5.74, 6) is -32.4. The smallest absolute Gasteiger partial charge is 0.347 e. The number of carbonyl (C=O) groups excluding carboxylic acids is 6. The Morgan fingerprint density at radius 2 is 0.833 bits per heavy atom. The van der Waals surface area contributed by atoms with E-state index in [1.165, 1.54) is 0 Å². The molecular weight excluding hydrogens is 1060 g/mol. The molecule has 0 bridgehead atoms. The average Bonchev–Trinajstić information content (AvgIpc) is 3.61. The number of esters is 6. The van der Waals surface area contributed by atoms with Crippen LogP contribution in [0.25, 0.3) is 11.1 Å². The molecule has 3 aliphatic rings. The van der Waals surface area contributed by atoms with Crippen molar-refractivity contribution in [3.05, 3.63) is 88.0 Å². The Kier molecular flexibility index (Phi) is 12.5. The molecule has 1 fully saturated rings. The fourth-order valence-corrected chi connectivity index (χ4v) is 8.07. The molecule has 5 atom stereocenters. The molecule has 0 unspecified atom stereocenters. The zero-order valence-electron chi connectivity index (χ0n) is 38.2. The van der Waals surface area contributed by atoms with Crippen molar-refractivity contribution in [2.24, 2.45) is 0 Å². The van der Waals surface area contributed by atoms with Crippen LogP contribution in [0.2, 0.25) is 0 Å². The molecule has 0 saturated carbocycles. The number of hydrogen-bond donors (Lipinski definition) is 16. The summed E-state index contributed by atoms with van der Waals surface area (Å²) in [6.45, 7) is -1.33. The van der Waals surface area contributed by atoms with E-state index < -0.39 is 227 Å². The molecule has 0 amide bonds. The topological polar surface area (TPSA) is 500 Å². The van der Waals surface area contributed by atoms with Crippen molar-refractivity contribution in [3.8, 4) is 120 Å². The lowest BCUT2D eigenvalue weighted by Crippen LogP contribution is -2.63. The van der Waals surface area contributed by atoms with Gasteiger partial charge in [0.2, 0.25) is 41.1 Å². The lowest BCUT2D eigenvalue weighted by Gasteiger charge is -2.43. The van der Waals surface area contributed by atoms with Crippen molar-refractivity contribution in [1.82, 2.24) is 0 Å². The maximum absolute atomic E-state index is 14.6. The number of rotatable bonds is 6. The molecule has 404 valence electrons. The van der Waals surface area contributed by atoms with Crippen molar-refractivity contribution < 1.29 is 148 Å². The van der Waals surface area contributed by atoms with Gasteiger partial charge in [-0.15, -0.1) is 0 Å². The number of ether oxygens (including phenoxy) is 8. The summed E-state index contributed by atoms with van der Waals surface area (Å²) in [6, 6.07) is 4.72. The third-order valence-electron chi connectivity index (χ3n) is 11.8. The van der Waals surface area contributed by atoms with Gasteiger partial charge in [-0.1, -0.05) is 0 Å². The molecule has 6 aromatic rings. The van der Waals surface area contributed by atoms with Crippen LogP contribution in [0, 0.1) is 0 Å². The second-order valence-electron chi connectivity index (χ2n) is 16.7. The monoisotopic (exact) mass is 1090 g/mol. The van der Waals surface area contributed by atoms with E-state index in [0.717, 1.165) is 0 Å². The van der Waals surface area contributed by atoms with E-state index in [1.54, 1.807) is 0 Å². The normalized spacial score (nSPS) is 18.5. The number of cyclic esters (lactones) is 1. The number of carbonyl (C=O) groups is 6. The van der Waals surface area contributed by atoms with Crippen molar-refractivity contribution in [2.45, 2.75) is 30.7 Å². The highest BCUT2D eigenvalue weighted by Crippen LogP contribution is 2.54. The molecule has 3 heterocycles. The van der Waals surface area contributed by atoms with Gasteiger partial charge in [0, 0.05) is 17.2 Å². The Morgan fingerprint density at radius 3 is 1.36 bits per heavy atom. The van der Waals surface area contributed by atoms with Gasteiger partial charge in [0.25, 0.3) is 0 Å². The standard InChI is InChI=1S/C48H32O30/c49-17-1-11(2-18(50)29(17)57)42(65)76-40-39-26(10-71-45(68)14-7-21(53)31(59)34(62)27(14)28-15(46(69)75-39)8-22(54)32(60)35(28)63)73-48(41(40)77-43(66)12-3-19(51)30(58)20(52)4-12)78-44(67)13-5-24(56)38-25(6-13)72-37-16(47(70)74-38)9-23(55)33(61)36(37)64/h1-9,26,39-41,48-64H,10H2/t26-,39-,40+,41-,48+/m1/s1. The summed E-state index contributed by atoms with van der Waals surface area (Å²) in [5, 5.41) is 168. The number of aromatic hydroxyl groups is 16. The number of hydrogen-bond acceptors (Lipinski definition) is 30. The summed E-state index contributed by atoms with van der Waals surface area (Å²) in [7, 11) is 0. The summed E-state index contributed by atoms with van der Waals surface area (Å²) in [6.07, 6.45) is -12.7. The quantitative estimate of drug-likeness (QED) is 0.0493. The van der Waals surface area contributed by atoms with Gasteiger partial charge < -0.3 is 120 Å². The third kappa shape index (κ3) is 8.70. The highest BCUT2D eigenvalue weighted by Gasteiger charge is 2.55. The van der Waals surface area contributed by atoms with Crippen LogP contribution < -0.4 is 9.47 Å². The molecule has 0 radical (unpaired) electrons. The maximum atomic E-state index is 14.6. The molecular formula is C48H32O30. The van der Waals surface area contributed by atoms with Gasteiger partial charge in [-0.05, 0) is 48.5 Å². The van der Waals surface area contributed by atoms with E-state index in [9.17, 15) is 110 Å². The van der Waals surface area contributed by atoms with Crippen LogP contribution >= 0.6 is 0 Å². The van der Waals surface area contributed by atoms with Crippen LogP contribution in [-0.2, 0) is 28.4 Å². The minimum absolute atomic E-state index is 0.379. The predicted octanol–water partition coefficient (Wildman–Crippen LogP) is 2.70. The van der Waals surface area contributed by atoms with Gasteiger partial charge in [0.1, 0.15) is 18.3 Å². The fourth-order valence-electron chi connectivity index (χ4n) is 8.07. The maximum Gasteiger partial charge on any atom is 0.347 e. The first-order valence-electron chi connectivity index (χ1n) is 21.5. The Hall–Kier alpha value is -11.3. The molecule has 0 aliphatic carbocycles. The van der Waals surface area contributed by atoms with Gasteiger partial charge in [-0.2, -0.15) is 0 Å². The van der Waals surface area contributed by atoms with Crippen LogP contribution in [-0.4, -0.2) is 155 Å². The molecule has 6 aromatic carbocycles. The molecule has 1 saturated heterocycles. The average molecular weight is 1090 g/mol. The molecule has 30 heteroatoms. The fraction of sp³-hybridized carbons (Fsp3) is 0.125. The van der Waals surface area contributed by atoms with Crippen molar-refractivity contribution in [3.63, 3.8) is 0 Å². The van der Waals surface area contributed by atoms with Gasteiger partial charge in [-0.3, -0.25) is 0 Å². The van der Waals surface area contributed by atoms with Gasteiger partial charge in [0.15, 0.2) is 92.7 Å². The lowest BCUT2D eigenvalue weighted by atomic mass is 9.92. The van der Waals surface area contributed by atoms with Gasteiger partial charge >= 0.3 is 35.8 Å². The number of phenols is 16. The van der Waals surface area contributed by atoms with Gasteiger partial charge in [-0.25, -0.2) is 28.8 Å². The van der Waals surface area contributed by atoms with Crippen molar-refractivity contribution in [1.29, 1.82) is 0 Å².